The molecular weight excluding hydrogens is 293 g/mol. The molecule has 8 heteroatoms. The molecule has 0 aliphatic rings. The molecular formula is C8H8Cl3N2O2P. The quantitative estimate of drug-likeness (QED) is 0.651. The fraction of sp³-hybridized carbons (Fsp3) is 0.125. The number of alkyl halides is 1. The highest BCUT2D eigenvalue weighted by atomic mass is 35.9. The molecule has 0 spiro atoms. The predicted molar refractivity (Wildman–Crippen MR) is 67.5 cm³/mol. The molecule has 0 unspecified atom stereocenters. The molecule has 0 saturated carbocycles. The van der Waals surface area contributed by atoms with Gasteiger partial charge in [0.1, 0.15) is 0 Å². The molecule has 1 aromatic carbocycles. The number of carbonyl (C=O) groups is 1. The average molecular weight is 301 g/mol. The van der Waals surface area contributed by atoms with E-state index >= 15 is 0 Å². The smallest absolute Gasteiger partial charge is 0.307 e. The Morgan fingerprint density at radius 1 is 1.31 bits per heavy atom. The van der Waals surface area contributed by atoms with Gasteiger partial charge in [0.15, 0.2) is 0 Å². The first-order valence-electron chi connectivity index (χ1n) is 4.15. The minimum atomic E-state index is -3.63. The molecule has 0 saturated heterocycles. The van der Waals surface area contributed by atoms with Gasteiger partial charge in [-0.15, -0.1) is 11.6 Å². The lowest BCUT2D eigenvalue weighted by atomic mass is 10.2. The van der Waals surface area contributed by atoms with Crippen LogP contribution in [0, 0.1) is 0 Å². The minimum absolute atomic E-state index is 0.246. The van der Waals surface area contributed by atoms with Gasteiger partial charge in [0.25, 0.3) is 0 Å². The van der Waals surface area contributed by atoms with E-state index in [0.717, 1.165) is 5.56 Å². The van der Waals surface area contributed by atoms with Gasteiger partial charge in [-0.1, -0.05) is 18.2 Å². The zero-order valence-corrected chi connectivity index (χ0v) is 11.1. The van der Waals surface area contributed by atoms with Crippen LogP contribution in [0.1, 0.15) is 5.56 Å². The highest BCUT2D eigenvalue weighted by molar-refractivity contribution is 8.07. The van der Waals surface area contributed by atoms with E-state index in [1.165, 1.54) is 0 Å². The Bertz CT molecular complexity index is 435. The number of benzene rings is 1. The van der Waals surface area contributed by atoms with Crippen LogP contribution < -0.4 is 10.4 Å². The fourth-order valence-corrected chi connectivity index (χ4v) is 2.01. The standard InChI is InChI=1S/C8H8Cl3N2O2P/c9-5-6-3-1-2-4-7(6)12-8(14)13-16(10,11)15/h1-4H,5H2,(H2,12,13,14,15). The average Bonchev–Trinajstić information content (AvgIpc) is 2.15. The van der Waals surface area contributed by atoms with Gasteiger partial charge in [0.2, 0.25) is 0 Å². The molecule has 0 aromatic heterocycles. The number of carbonyl (C=O) groups excluding carboxylic acids is 1. The maximum absolute atomic E-state index is 11.3. The number of hydrogen-bond acceptors (Lipinski definition) is 2. The summed E-state index contributed by atoms with van der Waals surface area (Å²) in [5.74, 6) is -3.39. The number of halogens is 3. The molecule has 0 bridgehead atoms. The molecule has 0 radical (unpaired) electrons. The van der Waals surface area contributed by atoms with Crippen LogP contribution in [0.4, 0.5) is 10.5 Å². The first kappa shape index (κ1) is 13.7. The Balaban J connectivity index is 2.73. The molecule has 1 aromatic rings. The second-order valence-electron chi connectivity index (χ2n) is 2.82. The van der Waals surface area contributed by atoms with Crippen molar-refractivity contribution < 1.29 is 9.36 Å². The predicted octanol–water partition coefficient (Wildman–Crippen LogP) is 4.13. The summed E-state index contributed by atoms with van der Waals surface area (Å²) in [5.41, 5.74) is 1.25. The van der Waals surface area contributed by atoms with Crippen molar-refractivity contribution in [3.63, 3.8) is 0 Å². The fourth-order valence-electron chi connectivity index (χ4n) is 1.03. The van der Waals surface area contributed by atoms with E-state index in [2.05, 4.69) is 5.32 Å². The summed E-state index contributed by atoms with van der Waals surface area (Å²) in [4.78, 5) is 11.3. The van der Waals surface area contributed by atoms with E-state index in [-0.39, 0.29) is 5.88 Å². The number of para-hydroxylation sites is 1. The molecule has 4 nitrogen and oxygen atoms in total. The lowest BCUT2D eigenvalue weighted by Gasteiger charge is -2.10. The van der Waals surface area contributed by atoms with Crippen molar-refractivity contribution in [3.05, 3.63) is 29.8 Å². The number of nitrogens with one attached hydrogen (secondary N) is 2. The molecule has 88 valence electrons. The number of rotatable bonds is 3. The minimum Gasteiger partial charge on any atom is -0.307 e. The Labute approximate surface area is 107 Å². The van der Waals surface area contributed by atoms with Crippen LogP contribution in [-0.4, -0.2) is 6.03 Å². The molecule has 2 amide bonds. The van der Waals surface area contributed by atoms with Gasteiger partial charge in [-0.25, -0.2) is 4.79 Å². The molecule has 0 atom stereocenters. The highest BCUT2D eigenvalue weighted by Crippen LogP contribution is 2.52. The summed E-state index contributed by atoms with van der Waals surface area (Å²) in [6.45, 7) is 0. The van der Waals surface area contributed by atoms with Gasteiger partial charge in [-0.05, 0) is 34.1 Å². The topological polar surface area (TPSA) is 58.2 Å². The van der Waals surface area contributed by atoms with Crippen molar-refractivity contribution in [1.29, 1.82) is 0 Å². The van der Waals surface area contributed by atoms with Crippen molar-refractivity contribution in [1.82, 2.24) is 5.09 Å². The van der Waals surface area contributed by atoms with Crippen LogP contribution in [0.5, 0.6) is 0 Å². The van der Waals surface area contributed by atoms with Crippen molar-refractivity contribution in [2.75, 3.05) is 5.32 Å². The SMILES string of the molecule is O=C(Nc1ccccc1CCl)NP(=O)(Cl)Cl. The van der Waals surface area contributed by atoms with Gasteiger partial charge in [0.05, 0.1) is 0 Å². The van der Waals surface area contributed by atoms with Crippen molar-refractivity contribution in [3.8, 4) is 0 Å². The van der Waals surface area contributed by atoms with Gasteiger partial charge in [0, 0.05) is 11.6 Å². The zero-order valence-electron chi connectivity index (χ0n) is 7.91. The van der Waals surface area contributed by atoms with Gasteiger partial charge in [-0.3, -0.25) is 9.65 Å². The summed E-state index contributed by atoms with van der Waals surface area (Å²) >= 11 is 16.1. The van der Waals surface area contributed by atoms with E-state index in [9.17, 15) is 9.36 Å². The summed E-state index contributed by atoms with van der Waals surface area (Å²) in [7, 11) is 0. The number of anilines is 1. The van der Waals surface area contributed by atoms with Crippen LogP contribution in [0.2, 0.25) is 0 Å². The summed E-state index contributed by atoms with van der Waals surface area (Å²) in [6.07, 6.45) is 0. The third-order valence-corrected chi connectivity index (χ3v) is 2.90. The number of urea groups is 1. The Morgan fingerprint density at radius 2 is 1.94 bits per heavy atom. The Hall–Kier alpha value is -0.410. The Morgan fingerprint density at radius 3 is 2.50 bits per heavy atom. The van der Waals surface area contributed by atoms with Crippen molar-refractivity contribution >= 4 is 51.8 Å². The van der Waals surface area contributed by atoms with Gasteiger partial charge < -0.3 is 5.32 Å². The lowest BCUT2D eigenvalue weighted by Crippen LogP contribution is -2.23. The zero-order chi connectivity index (χ0) is 12.2. The monoisotopic (exact) mass is 300 g/mol. The van der Waals surface area contributed by atoms with Crippen LogP contribution in [0.15, 0.2) is 24.3 Å². The molecule has 2 N–H and O–H groups in total. The third-order valence-electron chi connectivity index (χ3n) is 1.64. The van der Waals surface area contributed by atoms with Gasteiger partial charge >= 0.3 is 12.0 Å². The molecule has 16 heavy (non-hydrogen) atoms. The Kier molecular flexibility index (Phi) is 4.93. The normalized spacial score (nSPS) is 10.9. The summed E-state index contributed by atoms with van der Waals surface area (Å²) < 4.78 is 10.9. The summed E-state index contributed by atoms with van der Waals surface area (Å²) in [5, 5.41) is 4.35. The third kappa shape index (κ3) is 4.62. The molecule has 0 fully saturated rings. The van der Waals surface area contributed by atoms with Crippen molar-refractivity contribution in [2.45, 2.75) is 5.88 Å². The highest BCUT2D eigenvalue weighted by Gasteiger charge is 2.17. The molecule has 1 rings (SSSR count). The number of hydrogen-bond donors (Lipinski definition) is 2. The largest absolute Gasteiger partial charge is 0.346 e. The lowest BCUT2D eigenvalue weighted by molar-refractivity contribution is 0.256. The molecule has 0 heterocycles. The molecule has 0 aliphatic carbocycles. The molecule has 0 aliphatic heterocycles. The first-order valence-corrected chi connectivity index (χ1v) is 8.20. The van der Waals surface area contributed by atoms with Crippen LogP contribution in [-0.2, 0) is 10.4 Å². The maximum Gasteiger partial charge on any atom is 0.346 e. The van der Waals surface area contributed by atoms with E-state index in [0.29, 0.717) is 5.69 Å². The van der Waals surface area contributed by atoms with E-state index in [4.69, 9.17) is 34.1 Å². The van der Waals surface area contributed by atoms with Crippen LogP contribution in [0.25, 0.3) is 0 Å². The van der Waals surface area contributed by atoms with E-state index < -0.39 is 12.0 Å². The summed E-state index contributed by atoms with van der Waals surface area (Å²) in [6, 6.07) is 6.18. The maximum atomic E-state index is 11.3. The van der Waals surface area contributed by atoms with Crippen molar-refractivity contribution in [2.24, 2.45) is 0 Å². The van der Waals surface area contributed by atoms with Gasteiger partial charge in [-0.2, -0.15) is 0 Å². The van der Waals surface area contributed by atoms with E-state index in [1.54, 1.807) is 24.3 Å². The van der Waals surface area contributed by atoms with E-state index in [1.807, 2.05) is 5.09 Å². The van der Waals surface area contributed by atoms with Crippen LogP contribution in [0.3, 0.4) is 0 Å². The second-order valence-corrected chi connectivity index (χ2v) is 7.61. The van der Waals surface area contributed by atoms with Crippen LogP contribution >= 0.6 is 40.1 Å². The second kappa shape index (κ2) is 5.78. The first-order chi connectivity index (χ1) is 7.42. The number of amides is 2.